The zero-order valence-electron chi connectivity index (χ0n) is 15.1. The van der Waals surface area contributed by atoms with E-state index in [1.807, 2.05) is 6.92 Å². The van der Waals surface area contributed by atoms with Crippen LogP contribution in [0.2, 0.25) is 5.02 Å². The second-order valence-corrected chi connectivity index (χ2v) is 6.80. The molecule has 27 heavy (non-hydrogen) atoms. The van der Waals surface area contributed by atoms with Gasteiger partial charge in [-0.15, -0.1) is 0 Å². The third-order valence-corrected chi connectivity index (χ3v) is 4.92. The molecule has 0 N–H and O–H groups in total. The van der Waals surface area contributed by atoms with Gasteiger partial charge in [-0.3, -0.25) is 9.36 Å². The SMILES string of the molecule is CC[C@@H](c1ccc(F)cc1)N(C)C(=O)CCn1c(=O)oc2cc(Cl)ccc21. The maximum absolute atomic E-state index is 13.2. The molecule has 0 saturated carbocycles. The van der Waals surface area contributed by atoms with Crippen molar-refractivity contribution in [2.24, 2.45) is 0 Å². The molecule has 2 aromatic carbocycles. The number of nitrogens with zero attached hydrogens (tertiary/aromatic N) is 2. The zero-order valence-corrected chi connectivity index (χ0v) is 15.9. The molecule has 1 aromatic heterocycles. The van der Waals surface area contributed by atoms with E-state index >= 15 is 0 Å². The molecule has 1 heterocycles. The Labute approximate surface area is 161 Å². The summed E-state index contributed by atoms with van der Waals surface area (Å²) < 4.78 is 19.8. The number of oxazole rings is 1. The van der Waals surface area contributed by atoms with E-state index in [0.717, 1.165) is 5.56 Å². The Hall–Kier alpha value is -2.60. The number of hydrogen-bond donors (Lipinski definition) is 0. The third kappa shape index (κ3) is 4.06. The summed E-state index contributed by atoms with van der Waals surface area (Å²) in [6.45, 7) is 2.17. The number of fused-ring (bicyclic) bond motifs is 1. The molecule has 0 spiro atoms. The van der Waals surface area contributed by atoms with Gasteiger partial charge in [-0.25, -0.2) is 9.18 Å². The van der Waals surface area contributed by atoms with E-state index < -0.39 is 5.76 Å². The van der Waals surface area contributed by atoms with Gasteiger partial charge in [-0.05, 0) is 36.2 Å². The highest BCUT2D eigenvalue weighted by Crippen LogP contribution is 2.24. The first-order valence-corrected chi connectivity index (χ1v) is 9.08. The van der Waals surface area contributed by atoms with Crippen molar-refractivity contribution in [2.45, 2.75) is 32.4 Å². The lowest BCUT2D eigenvalue weighted by Crippen LogP contribution is -2.32. The predicted octanol–water partition coefficient (Wildman–Crippen LogP) is 4.39. The van der Waals surface area contributed by atoms with Crippen molar-refractivity contribution in [3.05, 3.63) is 69.4 Å². The first-order chi connectivity index (χ1) is 12.9. The second kappa shape index (κ2) is 7.96. The van der Waals surface area contributed by atoms with Gasteiger partial charge in [0.2, 0.25) is 5.91 Å². The summed E-state index contributed by atoms with van der Waals surface area (Å²) in [6, 6.07) is 10.9. The van der Waals surface area contributed by atoms with E-state index in [-0.39, 0.29) is 30.7 Å². The van der Waals surface area contributed by atoms with E-state index in [0.29, 0.717) is 22.5 Å². The Morgan fingerprint density at radius 1 is 1.26 bits per heavy atom. The molecule has 5 nitrogen and oxygen atoms in total. The molecular weight excluding hydrogens is 371 g/mol. The monoisotopic (exact) mass is 390 g/mol. The van der Waals surface area contributed by atoms with Crippen LogP contribution in [0.1, 0.15) is 31.4 Å². The molecular formula is C20H20ClFN2O3. The summed E-state index contributed by atoms with van der Waals surface area (Å²) in [7, 11) is 1.72. The highest BCUT2D eigenvalue weighted by molar-refractivity contribution is 6.31. The van der Waals surface area contributed by atoms with Crippen molar-refractivity contribution in [2.75, 3.05) is 7.05 Å². The van der Waals surface area contributed by atoms with E-state index in [1.54, 1.807) is 42.3 Å². The minimum Gasteiger partial charge on any atom is -0.408 e. The van der Waals surface area contributed by atoms with Crippen molar-refractivity contribution in [1.29, 1.82) is 0 Å². The van der Waals surface area contributed by atoms with Crippen LogP contribution in [0.3, 0.4) is 0 Å². The molecule has 0 aliphatic carbocycles. The van der Waals surface area contributed by atoms with Crippen LogP contribution >= 0.6 is 11.6 Å². The normalized spacial score (nSPS) is 12.3. The lowest BCUT2D eigenvalue weighted by atomic mass is 10.0. The van der Waals surface area contributed by atoms with Gasteiger partial charge in [-0.1, -0.05) is 30.7 Å². The number of carbonyl (C=O) groups is 1. The third-order valence-electron chi connectivity index (χ3n) is 4.68. The molecule has 0 unspecified atom stereocenters. The Morgan fingerprint density at radius 3 is 2.63 bits per heavy atom. The minimum atomic E-state index is -0.520. The molecule has 0 aliphatic rings. The summed E-state index contributed by atoms with van der Waals surface area (Å²) in [5, 5.41) is 0.476. The molecule has 3 aromatic rings. The first kappa shape index (κ1) is 19.2. The lowest BCUT2D eigenvalue weighted by Gasteiger charge is -2.28. The quantitative estimate of drug-likeness (QED) is 0.627. The van der Waals surface area contributed by atoms with Crippen LogP contribution in [-0.4, -0.2) is 22.4 Å². The van der Waals surface area contributed by atoms with Gasteiger partial charge in [0.25, 0.3) is 0 Å². The Balaban J connectivity index is 1.74. The topological polar surface area (TPSA) is 55.5 Å². The van der Waals surface area contributed by atoms with Crippen LogP contribution in [0, 0.1) is 5.82 Å². The number of benzene rings is 2. The summed E-state index contributed by atoms with van der Waals surface area (Å²) >= 11 is 5.91. The average molecular weight is 391 g/mol. The Bertz CT molecular complexity index is 1010. The molecule has 0 aliphatic heterocycles. The van der Waals surface area contributed by atoms with E-state index in [4.69, 9.17) is 16.0 Å². The summed E-state index contributed by atoms with van der Waals surface area (Å²) in [6.07, 6.45) is 0.840. The van der Waals surface area contributed by atoms with Gasteiger partial charge in [0.05, 0.1) is 11.6 Å². The molecule has 1 amide bonds. The van der Waals surface area contributed by atoms with Crippen molar-refractivity contribution < 1.29 is 13.6 Å². The molecule has 1 atom stereocenters. The van der Waals surface area contributed by atoms with Gasteiger partial charge in [-0.2, -0.15) is 0 Å². The first-order valence-electron chi connectivity index (χ1n) is 8.70. The lowest BCUT2D eigenvalue weighted by molar-refractivity contribution is -0.132. The molecule has 0 radical (unpaired) electrons. The molecule has 0 bridgehead atoms. The van der Waals surface area contributed by atoms with Crippen molar-refractivity contribution in [3.63, 3.8) is 0 Å². The maximum Gasteiger partial charge on any atom is 0.419 e. The largest absolute Gasteiger partial charge is 0.419 e. The van der Waals surface area contributed by atoms with E-state index in [2.05, 4.69) is 0 Å². The number of carbonyl (C=O) groups excluding carboxylic acids is 1. The number of rotatable bonds is 6. The van der Waals surface area contributed by atoms with Crippen molar-refractivity contribution >= 4 is 28.6 Å². The predicted molar refractivity (Wildman–Crippen MR) is 102 cm³/mol. The van der Waals surface area contributed by atoms with Gasteiger partial charge in [0, 0.05) is 31.1 Å². The van der Waals surface area contributed by atoms with Crippen LogP contribution in [-0.2, 0) is 11.3 Å². The molecule has 7 heteroatoms. The average Bonchev–Trinajstić information content (AvgIpc) is 2.95. The number of aromatic nitrogens is 1. The summed E-state index contributed by atoms with van der Waals surface area (Å²) in [5.41, 5.74) is 1.87. The van der Waals surface area contributed by atoms with Crippen LogP contribution in [0.4, 0.5) is 4.39 Å². The zero-order chi connectivity index (χ0) is 19.6. The van der Waals surface area contributed by atoms with Crippen molar-refractivity contribution in [3.8, 4) is 0 Å². The van der Waals surface area contributed by atoms with Crippen LogP contribution in [0.5, 0.6) is 0 Å². The van der Waals surface area contributed by atoms with E-state index in [1.165, 1.54) is 16.7 Å². The second-order valence-electron chi connectivity index (χ2n) is 6.36. The Morgan fingerprint density at radius 2 is 1.96 bits per heavy atom. The molecule has 0 saturated heterocycles. The fraction of sp³-hybridized carbons (Fsp3) is 0.300. The summed E-state index contributed by atoms with van der Waals surface area (Å²) in [4.78, 5) is 26.4. The van der Waals surface area contributed by atoms with Crippen LogP contribution < -0.4 is 5.76 Å². The van der Waals surface area contributed by atoms with Gasteiger partial charge in [0.15, 0.2) is 5.58 Å². The number of halogens is 2. The smallest absolute Gasteiger partial charge is 0.408 e. The number of aryl methyl sites for hydroxylation is 1. The maximum atomic E-state index is 13.2. The van der Waals surface area contributed by atoms with Crippen LogP contribution in [0.25, 0.3) is 11.1 Å². The highest BCUT2D eigenvalue weighted by Gasteiger charge is 2.21. The molecule has 3 rings (SSSR count). The van der Waals surface area contributed by atoms with Crippen LogP contribution in [0.15, 0.2) is 51.7 Å². The van der Waals surface area contributed by atoms with Gasteiger partial charge in [0.1, 0.15) is 5.82 Å². The van der Waals surface area contributed by atoms with Gasteiger partial charge < -0.3 is 9.32 Å². The van der Waals surface area contributed by atoms with Crippen molar-refractivity contribution in [1.82, 2.24) is 9.47 Å². The van der Waals surface area contributed by atoms with Gasteiger partial charge >= 0.3 is 5.76 Å². The standard InChI is InChI=1S/C20H20ClFN2O3/c1-3-16(13-4-7-15(22)8-5-13)23(2)19(25)10-11-24-17-9-6-14(21)12-18(17)27-20(24)26/h4-9,12,16H,3,10-11H2,1-2H3/t16-/m0/s1. The fourth-order valence-electron chi connectivity index (χ4n) is 3.23. The van der Waals surface area contributed by atoms with E-state index in [9.17, 15) is 14.0 Å². The fourth-order valence-corrected chi connectivity index (χ4v) is 3.39. The number of hydrogen-bond acceptors (Lipinski definition) is 3. The number of amides is 1. The highest BCUT2D eigenvalue weighted by atomic mass is 35.5. The Kier molecular flexibility index (Phi) is 5.65. The molecule has 0 fully saturated rings. The molecule has 142 valence electrons. The minimum absolute atomic E-state index is 0.110. The summed E-state index contributed by atoms with van der Waals surface area (Å²) in [5.74, 6) is -0.941.